The van der Waals surface area contributed by atoms with Gasteiger partial charge < -0.3 is 5.32 Å². The van der Waals surface area contributed by atoms with Gasteiger partial charge in [-0.2, -0.15) is 13.2 Å². The van der Waals surface area contributed by atoms with E-state index in [2.05, 4.69) is 5.32 Å². The molecule has 0 aromatic heterocycles. The van der Waals surface area contributed by atoms with E-state index < -0.39 is 18.5 Å². The molecule has 1 heterocycles. The van der Waals surface area contributed by atoms with Gasteiger partial charge in [0.2, 0.25) is 5.91 Å². The van der Waals surface area contributed by atoms with Gasteiger partial charge >= 0.3 is 6.18 Å². The Morgan fingerprint density at radius 3 is 2.69 bits per heavy atom. The summed E-state index contributed by atoms with van der Waals surface area (Å²) >= 11 is 0. The molecule has 2 rings (SSSR count). The molecule has 1 amide bonds. The first kappa shape index (κ1) is 11.0. The van der Waals surface area contributed by atoms with Crippen molar-refractivity contribution in [1.29, 1.82) is 0 Å². The summed E-state index contributed by atoms with van der Waals surface area (Å²) in [7, 11) is 0. The van der Waals surface area contributed by atoms with Gasteiger partial charge in [-0.25, -0.2) is 0 Å². The zero-order chi connectivity index (χ0) is 11.8. The molecule has 0 fully saturated rings. The fourth-order valence-corrected chi connectivity index (χ4v) is 1.96. The van der Waals surface area contributed by atoms with E-state index in [0.29, 0.717) is 11.3 Å². The predicted octanol–water partition coefficient (Wildman–Crippen LogP) is 3.06. The first-order chi connectivity index (χ1) is 7.46. The number of carbonyl (C=O) groups excluding carboxylic acids is 1. The van der Waals surface area contributed by atoms with E-state index in [1.54, 1.807) is 24.3 Å². The highest BCUT2D eigenvalue weighted by atomic mass is 19.4. The fraction of sp³-hybridized carbons (Fsp3) is 0.364. The van der Waals surface area contributed by atoms with Crippen LogP contribution in [-0.4, -0.2) is 12.1 Å². The van der Waals surface area contributed by atoms with E-state index >= 15 is 0 Å². The van der Waals surface area contributed by atoms with Crippen LogP contribution in [0.25, 0.3) is 0 Å². The van der Waals surface area contributed by atoms with Crippen molar-refractivity contribution in [2.24, 2.45) is 0 Å². The molecule has 1 unspecified atom stereocenters. The van der Waals surface area contributed by atoms with Crippen molar-refractivity contribution in [1.82, 2.24) is 0 Å². The van der Waals surface area contributed by atoms with Crippen LogP contribution in [0.1, 0.15) is 24.3 Å². The first-order valence-corrected chi connectivity index (χ1v) is 4.91. The number of hydrogen-bond acceptors (Lipinski definition) is 1. The Balaban J connectivity index is 2.30. The van der Waals surface area contributed by atoms with Crippen LogP contribution in [0, 0.1) is 0 Å². The van der Waals surface area contributed by atoms with Gasteiger partial charge in [0.1, 0.15) is 0 Å². The van der Waals surface area contributed by atoms with Crippen molar-refractivity contribution < 1.29 is 18.0 Å². The lowest BCUT2D eigenvalue weighted by Gasteiger charge is -2.26. The highest BCUT2D eigenvalue weighted by Gasteiger charge is 2.36. The molecule has 0 saturated carbocycles. The largest absolute Gasteiger partial charge is 0.389 e. The Hall–Kier alpha value is -1.52. The lowest BCUT2D eigenvalue weighted by atomic mass is 9.88. The van der Waals surface area contributed by atoms with E-state index in [4.69, 9.17) is 0 Å². The minimum atomic E-state index is -4.24. The third kappa shape index (κ3) is 2.35. The third-order valence-corrected chi connectivity index (χ3v) is 2.58. The van der Waals surface area contributed by atoms with Gasteiger partial charge in [-0.3, -0.25) is 4.79 Å². The Labute approximate surface area is 90.5 Å². The van der Waals surface area contributed by atoms with Crippen LogP contribution in [0.15, 0.2) is 24.3 Å². The predicted molar refractivity (Wildman–Crippen MR) is 53.1 cm³/mol. The molecule has 1 N–H and O–H groups in total. The summed E-state index contributed by atoms with van der Waals surface area (Å²) in [5, 5.41) is 2.57. The summed E-state index contributed by atoms with van der Waals surface area (Å²) in [6.07, 6.45) is -5.29. The molecule has 0 spiro atoms. The van der Waals surface area contributed by atoms with Crippen LogP contribution in [0.2, 0.25) is 0 Å². The van der Waals surface area contributed by atoms with Crippen molar-refractivity contribution in [2.45, 2.75) is 24.9 Å². The lowest BCUT2D eigenvalue weighted by molar-refractivity contribution is -0.140. The minimum absolute atomic E-state index is 0.101. The number of para-hydroxylation sites is 1. The van der Waals surface area contributed by atoms with Gasteiger partial charge in [0, 0.05) is 18.0 Å². The van der Waals surface area contributed by atoms with Crippen molar-refractivity contribution >= 4 is 11.6 Å². The second-order valence-corrected chi connectivity index (χ2v) is 3.86. The minimum Gasteiger partial charge on any atom is -0.326 e. The number of carbonyl (C=O) groups is 1. The maximum atomic E-state index is 12.3. The van der Waals surface area contributed by atoms with E-state index in [1.807, 2.05) is 0 Å². The van der Waals surface area contributed by atoms with E-state index in [0.717, 1.165) is 0 Å². The van der Waals surface area contributed by atoms with Gasteiger partial charge in [-0.15, -0.1) is 0 Å². The quantitative estimate of drug-likeness (QED) is 0.787. The average Bonchev–Trinajstić information content (AvgIpc) is 2.14. The number of benzene rings is 1. The summed E-state index contributed by atoms with van der Waals surface area (Å²) in [4.78, 5) is 11.2. The molecule has 2 nitrogen and oxygen atoms in total. The molecule has 5 heteroatoms. The molecule has 0 saturated heterocycles. The van der Waals surface area contributed by atoms with Gasteiger partial charge in [0.15, 0.2) is 0 Å². The van der Waals surface area contributed by atoms with Gasteiger partial charge in [-0.1, -0.05) is 18.2 Å². The number of halogens is 3. The summed E-state index contributed by atoms with van der Waals surface area (Å²) < 4.78 is 37.0. The van der Waals surface area contributed by atoms with Crippen LogP contribution in [0.5, 0.6) is 0 Å². The molecule has 1 aliphatic heterocycles. The van der Waals surface area contributed by atoms with Crippen molar-refractivity contribution in [2.75, 3.05) is 5.32 Å². The number of fused-ring (bicyclic) bond motifs is 1. The van der Waals surface area contributed by atoms with Crippen LogP contribution in [0.4, 0.5) is 18.9 Å². The first-order valence-electron chi connectivity index (χ1n) is 4.91. The highest BCUT2D eigenvalue weighted by molar-refractivity contribution is 5.94. The standard InChI is InChI=1S/C11H10F3NO/c12-11(13,14)6-7-5-10(16)15-9-4-2-1-3-8(7)9/h1-4,7H,5-6H2,(H,15,16). The summed E-state index contributed by atoms with van der Waals surface area (Å²) in [6.45, 7) is 0. The van der Waals surface area contributed by atoms with E-state index in [1.165, 1.54) is 0 Å². The van der Waals surface area contributed by atoms with Crippen LogP contribution >= 0.6 is 0 Å². The normalized spacial score (nSPS) is 20.2. The molecule has 0 radical (unpaired) electrons. The smallest absolute Gasteiger partial charge is 0.326 e. The molecule has 1 aromatic carbocycles. The van der Waals surface area contributed by atoms with E-state index in [9.17, 15) is 18.0 Å². The Morgan fingerprint density at radius 1 is 1.31 bits per heavy atom. The van der Waals surface area contributed by atoms with Gasteiger partial charge in [0.05, 0.1) is 6.42 Å². The maximum absolute atomic E-state index is 12.3. The summed E-state index contributed by atoms with van der Waals surface area (Å²) in [5.74, 6) is -1.11. The van der Waals surface area contributed by atoms with Gasteiger partial charge in [-0.05, 0) is 11.6 Å². The molecule has 0 aliphatic carbocycles. The molecular weight excluding hydrogens is 219 g/mol. The zero-order valence-electron chi connectivity index (χ0n) is 8.34. The highest BCUT2D eigenvalue weighted by Crippen LogP contribution is 2.39. The number of anilines is 1. The Bertz CT molecular complexity index is 414. The summed E-state index contributed by atoms with van der Waals surface area (Å²) in [5.41, 5.74) is 1.06. The number of alkyl halides is 3. The monoisotopic (exact) mass is 229 g/mol. The van der Waals surface area contributed by atoms with Crippen LogP contribution < -0.4 is 5.32 Å². The molecule has 1 aromatic rings. The van der Waals surface area contributed by atoms with Crippen molar-refractivity contribution in [3.05, 3.63) is 29.8 Å². The molecular formula is C11H10F3NO. The third-order valence-electron chi connectivity index (χ3n) is 2.58. The van der Waals surface area contributed by atoms with E-state index in [-0.39, 0.29) is 12.3 Å². The summed E-state index contributed by atoms with van der Waals surface area (Å²) in [6, 6.07) is 6.62. The second-order valence-electron chi connectivity index (χ2n) is 3.86. The zero-order valence-corrected chi connectivity index (χ0v) is 8.34. The molecule has 1 atom stereocenters. The second kappa shape index (κ2) is 3.81. The molecule has 86 valence electrons. The molecule has 1 aliphatic rings. The Kier molecular flexibility index (Phi) is 2.61. The van der Waals surface area contributed by atoms with Crippen LogP contribution in [0.3, 0.4) is 0 Å². The number of rotatable bonds is 1. The Morgan fingerprint density at radius 2 is 2.00 bits per heavy atom. The number of nitrogens with one attached hydrogen (secondary N) is 1. The molecule has 16 heavy (non-hydrogen) atoms. The van der Waals surface area contributed by atoms with Crippen LogP contribution in [-0.2, 0) is 4.79 Å². The van der Waals surface area contributed by atoms with Crippen molar-refractivity contribution in [3.8, 4) is 0 Å². The number of amides is 1. The average molecular weight is 229 g/mol. The van der Waals surface area contributed by atoms with Gasteiger partial charge in [0.25, 0.3) is 0 Å². The van der Waals surface area contributed by atoms with Crippen molar-refractivity contribution in [3.63, 3.8) is 0 Å². The maximum Gasteiger partial charge on any atom is 0.389 e. The topological polar surface area (TPSA) is 29.1 Å². The SMILES string of the molecule is O=C1CC(CC(F)(F)F)c2ccccc2N1. The fourth-order valence-electron chi connectivity index (χ4n) is 1.96. The molecule has 0 bridgehead atoms. The lowest BCUT2D eigenvalue weighted by Crippen LogP contribution is -2.26. The number of hydrogen-bond donors (Lipinski definition) is 1.